The molecule has 0 radical (unpaired) electrons. The van der Waals surface area contributed by atoms with E-state index in [4.69, 9.17) is 14.6 Å². The van der Waals surface area contributed by atoms with Gasteiger partial charge in [0.1, 0.15) is 0 Å². The van der Waals surface area contributed by atoms with Crippen molar-refractivity contribution in [1.82, 2.24) is 4.47 Å². The van der Waals surface area contributed by atoms with Gasteiger partial charge in [-0.05, 0) is 18.9 Å². The average molecular weight is 252 g/mol. The molecule has 7 nitrogen and oxygen atoms in total. The first kappa shape index (κ1) is 12.4. The molecule has 0 aromatic rings. The van der Waals surface area contributed by atoms with Crippen LogP contribution in [0.5, 0.6) is 0 Å². The van der Waals surface area contributed by atoms with Crippen LogP contribution in [0.25, 0.3) is 0 Å². The molecule has 1 heterocycles. The summed E-state index contributed by atoms with van der Waals surface area (Å²) in [7, 11) is -3.32. The van der Waals surface area contributed by atoms with Gasteiger partial charge in [-0.25, -0.2) is 0 Å². The number of hydrogen-bond donors (Lipinski definition) is 1. The Morgan fingerprint density at radius 1 is 1.67 bits per heavy atom. The highest BCUT2D eigenvalue weighted by atomic mass is 32.3. The van der Waals surface area contributed by atoms with Crippen LogP contribution in [0.4, 0.5) is 0 Å². The first-order valence-electron chi connectivity index (χ1n) is 3.67. The van der Waals surface area contributed by atoms with Gasteiger partial charge in [-0.15, -0.1) is 4.28 Å². The summed E-state index contributed by atoms with van der Waals surface area (Å²) in [5.74, 6) is 0. The lowest BCUT2D eigenvalue weighted by Crippen LogP contribution is -2.30. The van der Waals surface area contributed by atoms with Gasteiger partial charge in [-0.2, -0.15) is 13.7 Å². The maximum Gasteiger partial charge on any atom is 0.414 e. The normalized spacial score (nSPS) is 23.2. The fourth-order valence-electron chi connectivity index (χ4n) is 0.996. The van der Waals surface area contributed by atoms with Gasteiger partial charge in [-0.3, -0.25) is 4.55 Å². The number of nitrogens with zero attached hydrogens (tertiary/aromatic N) is 2. The monoisotopic (exact) mass is 252 g/mol. The third kappa shape index (κ3) is 2.91. The Bertz CT molecular complexity index is 423. The van der Waals surface area contributed by atoms with Gasteiger partial charge in [0.2, 0.25) is 0 Å². The number of ether oxygens (including phenoxy) is 1. The zero-order valence-corrected chi connectivity index (χ0v) is 9.50. The minimum Gasteiger partial charge on any atom is -0.358 e. The van der Waals surface area contributed by atoms with Crippen molar-refractivity contribution in [2.45, 2.75) is 13.2 Å². The first-order chi connectivity index (χ1) is 6.89. The van der Waals surface area contributed by atoms with Crippen LogP contribution < -0.4 is 0 Å². The molecular weight excluding hydrogens is 244 g/mol. The summed E-state index contributed by atoms with van der Waals surface area (Å²) in [6.07, 6.45) is -0.943. The van der Waals surface area contributed by atoms with Gasteiger partial charge in [0.25, 0.3) is 0 Å². The number of methoxy groups -OCH3 is 1. The lowest BCUT2D eigenvalue weighted by atomic mass is 10.2. The molecule has 1 rings (SSSR count). The molecule has 1 aliphatic rings. The van der Waals surface area contributed by atoms with E-state index in [1.807, 2.05) is 6.07 Å². The second-order valence-corrected chi connectivity index (χ2v) is 4.71. The molecule has 0 saturated heterocycles. The molecule has 9 heteroatoms. The molecule has 0 fully saturated rings. The van der Waals surface area contributed by atoms with E-state index in [0.717, 1.165) is 16.4 Å². The minimum atomic E-state index is -4.62. The van der Waals surface area contributed by atoms with Gasteiger partial charge in [0, 0.05) is 12.0 Å². The number of allylic oxidation sites excluding steroid dienone is 1. The highest BCUT2D eigenvalue weighted by Gasteiger charge is 2.36. The van der Waals surface area contributed by atoms with Crippen molar-refractivity contribution in [3.05, 3.63) is 10.5 Å². The average Bonchev–Trinajstić information content (AvgIpc) is 2.37. The predicted octanol–water partition coefficient (Wildman–Crippen LogP) is 0.455. The van der Waals surface area contributed by atoms with E-state index in [-0.39, 0.29) is 5.57 Å². The summed E-state index contributed by atoms with van der Waals surface area (Å²) >= 11 is 0.862. The van der Waals surface area contributed by atoms with Crippen LogP contribution in [-0.2, 0) is 19.4 Å². The lowest BCUT2D eigenvalue weighted by Gasteiger charge is -2.18. The van der Waals surface area contributed by atoms with Crippen molar-refractivity contribution < 1.29 is 22.0 Å². The summed E-state index contributed by atoms with van der Waals surface area (Å²) in [5.41, 5.74) is 0.242. The van der Waals surface area contributed by atoms with Crippen LogP contribution in [0.1, 0.15) is 6.92 Å². The molecular formula is C6H8N2O5S2. The van der Waals surface area contributed by atoms with Crippen molar-refractivity contribution in [3.8, 4) is 6.07 Å². The van der Waals surface area contributed by atoms with Crippen molar-refractivity contribution in [2.75, 3.05) is 7.11 Å². The second-order valence-electron chi connectivity index (χ2n) is 2.55. The Hall–Kier alpha value is -0.630. The standard InChI is InChI=1S/C6H8N2O5S2/c1-4-5(3-7)6(12-2)8(14-4)13-15(9,10)11/h6H,1-2H3,(H,9,10,11). The summed E-state index contributed by atoms with van der Waals surface area (Å²) in [6.45, 7) is 1.61. The van der Waals surface area contributed by atoms with Crippen molar-refractivity contribution in [1.29, 1.82) is 5.26 Å². The van der Waals surface area contributed by atoms with E-state index in [9.17, 15) is 8.42 Å². The van der Waals surface area contributed by atoms with E-state index in [2.05, 4.69) is 4.28 Å². The van der Waals surface area contributed by atoms with Gasteiger partial charge in [-0.1, -0.05) is 4.47 Å². The molecule has 1 atom stereocenters. The Morgan fingerprint density at radius 2 is 2.27 bits per heavy atom. The largest absolute Gasteiger partial charge is 0.414 e. The van der Waals surface area contributed by atoms with Gasteiger partial charge in [0.05, 0.1) is 11.6 Å². The van der Waals surface area contributed by atoms with Crippen molar-refractivity contribution in [3.63, 3.8) is 0 Å². The number of hydrogen-bond acceptors (Lipinski definition) is 7. The zero-order valence-electron chi connectivity index (χ0n) is 7.87. The summed E-state index contributed by atoms with van der Waals surface area (Å²) in [6, 6.07) is 1.87. The molecule has 0 aromatic heterocycles. The fraction of sp³-hybridized carbons (Fsp3) is 0.500. The van der Waals surface area contributed by atoms with Gasteiger partial charge < -0.3 is 4.74 Å². The smallest absolute Gasteiger partial charge is 0.358 e. The highest BCUT2D eigenvalue weighted by molar-refractivity contribution is 8.01. The minimum absolute atomic E-state index is 0.242. The third-order valence-corrected chi connectivity index (χ3v) is 2.94. The molecule has 15 heavy (non-hydrogen) atoms. The van der Waals surface area contributed by atoms with E-state index >= 15 is 0 Å². The first-order valence-corrected chi connectivity index (χ1v) is 5.80. The van der Waals surface area contributed by atoms with Crippen LogP contribution in [0, 0.1) is 11.3 Å². The van der Waals surface area contributed by atoms with E-state index in [1.54, 1.807) is 6.92 Å². The molecule has 0 bridgehead atoms. The van der Waals surface area contributed by atoms with Crippen LogP contribution in [0.2, 0.25) is 0 Å². The molecule has 1 unspecified atom stereocenters. The molecule has 0 aromatic carbocycles. The third-order valence-electron chi connectivity index (χ3n) is 1.56. The zero-order chi connectivity index (χ0) is 11.6. The molecule has 0 aliphatic carbocycles. The van der Waals surface area contributed by atoms with E-state index < -0.39 is 16.6 Å². The summed E-state index contributed by atoms with van der Waals surface area (Å²) in [5, 5.41) is 8.76. The number of hydroxylamine groups is 1. The molecule has 0 spiro atoms. The quantitative estimate of drug-likeness (QED) is 0.571. The topological polar surface area (TPSA) is 99.9 Å². The fourth-order valence-corrected chi connectivity index (χ4v) is 2.41. The summed E-state index contributed by atoms with van der Waals surface area (Å²) < 4.78 is 39.3. The van der Waals surface area contributed by atoms with E-state index in [0.29, 0.717) is 4.91 Å². The Balaban J connectivity index is 2.88. The Kier molecular flexibility index (Phi) is 3.72. The van der Waals surface area contributed by atoms with Crippen molar-refractivity contribution in [2.24, 2.45) is 0 Å². The molecule has 1 aliphatic heterocycles. The summed E-state index contributed by atoms with van der Waals surface area (Å²) in [4.78, 5) is 0.549. The van der Waals surface area contributed by atoms with Crippen LogP contribution in [-0.4, -0.2) is 30.8 Å². The van der Waals surface area contributed by atoms with Gasteiger partial charge >= 0.3 is 10.4 Å². The van der Waals surface area contributed by atoms with Crippen molar-refractivity contribution >= 4 is 22.3 Å². The molecule has 84 valence electrons. The van der Waals surface area contributed by atoms with Gasteiger partial charge in [0.15, 0.2) is 6.23 Å². The maximum atomic E-state index is 10.5. The lowest BCUT2D eigenvalue weighted by molar-refractivity contribution is -0.0850. The molecule has 0 amide bonds. The second kappa shape index (κ2) is 4.48. The highest BCUT2D eigenvalue weighted by Crippen LogP contribution is 2.38. The SMILES string of the molecule is COC1C(C#N)=C(C)SN1OS(=O)(=O)O. The number of nitriles is 1. The van der Waals surface area contributed by atoms with Crippen LogP contribution >= 0.6 is 11.9 Å². The maximum absolute atomic E-state index is 10.5. The Morgan fingerprint density at radius 3 is 2.67 bits per heavy atom. The predicted molar refractivity (Wildman–Crippen MR) is 51.2 cm³/mol. The Labute approximate surface area is 91.3 Å². The van der Waals surface area contributed by atoms with Crippen LogP contribution in [0.15, 0.2) is 10.5 Å². The number of rotatable bonds is 3. The van der Waals surface area contributed by atoms with Crippen LogP contribution in [0.3, 0.4) is 0 Å². The molecule has 1 N–H and O–H groups in total. The van der Waals surface area contributed by atoms with E-state index in [1.165, 1.54) is 7.11 Å². The molecule has 0 saturated carbocycles.